The highest BCUT2D eigenvalue weighted by Gasteiger charge is 2.30. The van der Waals surface area contributed by atoms with Gasteiger partial charge in [-0.3, -0.25) is 4.79 Å². The summed E-state index contributed by atoms with van der Waals surface area (Å²) in [6.07, 6.45) is 2.14. The first-order valence-corrected chi connectivity index (χ1v) is 6.13. The van der Waals surface area contributed by atoms with Gasteiger partial charge in [0.05, 0.1) is 0 Å². The highest BCUT2D eigenvalue weighted by atomic mass is 16.2. The van der Waals surface area contributed by atoms with Gasteiger partial charge in [0.15, 0.2) is 0 Å². The van der Waals surface area contributed by atoms with E-state index in [0.29, 0.717) is 18.0 Å². The van der Waals surface area contributed by atoms with Crippen molar-refractivity contribution in [2.75, 3.05) is 13.1 Å². The normalized spacial score (nSPS) is 27.1. The van der Waals surface area contributed by atoms with E-state index in [-0.39, 0.29) is 5.92 Å². The Kier molecular flexibility index (Phi) is 4.58. The van der Waals surface area contributed by atoms with E-state index in [1.165, 1.54) is 0 Å². The summed E-state index contributed by atoms with van der Waals surface area (Å²) >= 11 is 0. The number of nitrogens with one attached hydrogen (secondary N) is 1. The molecule has 15 heavy (non-hydrogen) atoms. The average Bonchev–Trinajstić information content (AvgIpc) is 2.27. The van der Waals surface area contributed by atoms with Crippen LogP contribution in [0.1, 0.15) is 40.5 Å². The van der Waals surface area contributed by atoms with E-state index in [4.69, 9.17) is 0 Å². The van der Waals surface area contributed by atoms with Crippen molar-refractivity contribution in [3.63, 3.8) is 0 Å². The molecule has 3 heteroatoms. The van der Waals surface area contributed by atoms with Gasteiger partial charge in [-0.25, -0.2) is 0 Å². The van der Waals surface area contributed by atoms with E-state index in [1.54, 1.807) is 0 Å². The van der Waals surface area contributed by atoms with Crippen molar-refractivity contribution >= 4 is 5.91 Å². The molecule has 0 aliphatic carbocycles. The van der Waals surface area contributed by atoms with Crippen LogP contribution in [0.4, 0.5) is 0 Å². The maximum absolute atomic E-state index is 12.0. The Balaban J connectivity index is 2.66. The van der Waals surface area contributed by atoms with Crippen LogP contribution in [0.5, 0.6) is 0 Å². The standard InChI is InChI=1S/C12H24N2O/c1-5-10-8-14(12(15)9(3)4)11(6-2)7-13-10/h9-11,13H,5-8H2,1-4H3. The molecular formula is C12H24N2O. The Morgan fingerprint density at radius 3 is 2.53 bits per heavy atom. The van der Waals surface area contributed by atoms with Crippen molar-refractivity contribution in [1.29, 1.82) is 0 Å². The lowest BCUT2D eigenvalue weighted by atomic mass is 10.0. The number of nitrogens with zero attached hydrogens (tertiary/aromatic N) is 1. The number of hydrogen-bond donors (Lipinski definition) is 1. The molecule has 3 nitrogen and oxygen atoms in total. The molecule has 88 valence electrons. The van der Waals surface area contributed by atoms with Crippen LogP contribution in [0.25, 0.3) is 0 Å². The molecule has 2 unspecified atom stereocenters. The fourth-order valence-corrected chi connectivity index (χ4v) is 2.10. The molecule has 0 bridgehead atoms. The molecule has 1 amide bonds. The van der Waals surface area contributed by atoms with Crippen LogP contribution in [-0.4, -0.2) is 36.0 Å². The summed E-state index contributed by atoms with van der Waals surface area (Å²) in [6, 6.07) is 0.873. The Hall–Kier alpha value is -0.570. The van der Waals surface area contributed by atoms with Crippen molar-refractivity contribution in [2.45, 2.75) is 52.6 Å². The summed E-state index contributed by atoms with van der Waals surface area (Å²) in [6.45, 7) is 10.1. The van der Waals surface area contributed by atoms with Gasteiger partial charge in [0.1, 0.15) is 0 Å². The summed E-state index contributed by atoms with van der Waals surface area (Å²) in [5, 5.41) is 3.50. The molecule has 2 atom stereocenters. The first kappa shape index (κ1) is 12.5. The molecule has 1 aliphatic heterocycles. The van der Waals surface area contributed by atoms with Gasteiger partial charge in [-0.05, 0) is 12.8 Å². The molecule has 1 fully saturated rings. The number of carbonyl (C=O) groups is 1. The third-order valence-electron chi connectivity index (χ3n) is 3.24. The molecule has 1 aliphatic rings. The quantitative estimate of drug-likeness (QED) is 0.771. The number of amides is 1. The highest BCUT2D eigenvalue weighted by molar-refractivity contribution is 5.78. The minimum absolute atomic E-state index is 0.120. The zero-order chi connectivity index (χ0) is 11.4. The third-order valence-corrected chi connectivity index (χ3v) is 3.24. The van der Waals surface area contributed by atoms with Crippen molar-refractivity contribution < 1.29 is 4.79 Å². The first-order chi connectivity index (χ1) is 7.10. The number of rotatable bonds is 3. The minimum Gasteiger partial charge on any atom is -0.337 e. The second-order valence-corrected chi connectivity index (χ2v) is 4.72. The summed E-state index contributed by atoms with van der Waals surface area (Å²) < 4.78 is 0. The van der Waals surface area contributed by atoms with Crippen molar-refractivity contribution in [2.24, 2.45) is 5.92 Å². The molecule has 1 saturated heterocycles. The molecule has 0 aromatic heterocycles. The van der Waals surface area contributed by atoms with E-state index < -0.39 is 0 Å². The molecule has 0 spiro atoms. The van der Waals surface area contributed by atoms with Crippen LogP contribution in [0.2, 0.25) is 0 Å². The molecule has 1 heterocycles. The maximum atomic E-state index is 12.0. The molecule has 0 saturated carbocycles. The SMILES string of the molecule is CCC1CN(C(=O)C(C)C)C(CC)CN1. The van der Waals surface area contributed by atoms with Crippen molar-refractivity contribution in [1.82, 2.24) is 10.2 Å². The maximum Gasteiger partial charge on any atom is 0.225 e. The largest absolute Gasteiger partial charge is 0.337 e. The fraction of sp³-hybridized carbons (Fsp3) is 0.917. The average molecular weight is 212 g/mol. The zero-order valence-corrected chi connectivity index (χ0v) is 10.4. The fourth-order valence-electron chi connectivity index (χ4n) is 2.10. The van der Waals surface area contributed by atoms with Crippen LogP contribution in [0, 0.1) is 5.92 Å². The summed E-state index contributed by atoms with van der Waals surface area (Å²) in [5.74, 6) is 0.427. The molecule has 0 aromatic rings. The number of piperazine rings is 1. The predicted molar refractivity (Wildman–Crippen MR) is 62.7 cm³/mol. The third kappa shape index (κ3) is 2.94. The van der Waals surface area contributed by atoms with Gasteiger partial charge in [-0.15, -0.1) is 0 Å². The van der Waals surface area contributed by atoms with Crippen LogP contribution in [0.15, 0.2) is 0 Å². The Morgan fingerprint density at radius 2 is 2.07 bits per heavy atom. The van der Waals surface area contributed by atoms with Gasteiger partial charge in [-0.2, -0.15) is 0 Å². The lowest BCUT2D eigenvalue weighted by Crippen LogP contribution is -2.58. The molecule has 0 aromatic carbocycles. The molecule has 1 rings (SSSR count). The number of carbonyl (C=O) groups excluding carboxylic acids is 1. The van der Waals surface area contributed by atoms with Crippen LogP contribution >= 0.6 is 0 Å². The van der Waals surface area contributed by atoms with Crippen LogP contribution < -0.4 is 5.32 Å². The van der Waals surface area contributed by atoms with Gasteiger partial charge in [-0.1, -0.05) is 27.7 Å². The van der Waals surface area contributed by atoms with Crippen molar-refractivity contribution in [3.05, 3.63) is 0 Å². The zero-order valence-electron chi connectivity index (χ0n) is 10.4. The summed E-state index contributed by atoms with van der Waals surface area (Å²) in [4.78, 5) is 14.1. The molecular weight excluding hydrogens is 188 g/mol. The van der Waals surface area contributed by atoms with Gasteiger partial charge in [0.2, 0.25) is 5.91 Å². The summed E-state index contributed by atoms with van der Waals surface area (Å²) in [5.41, 5.74) is 0. The van der Waals surface area contributed by atoms with E-state index in [0.717, 1.165) is 25.9 Å². The summed E-state index contributed by atoms with van der Waals surface area (Å²) in [7, 11) is 0. The van der Waals surface area contributed by atoms with Crippen LogP contribution in [0.3, 0.4) is 0 Å². The monoisotopic (exact) mass is 212 g/mol. The first-order valence-electron chi connectivity index (χ1n) is 6.13. The highest BCUT2D eigenvalue weighted by Crippen LogP contribution is 2.15. The van der Waals surface area contributed by atoms with Gasteiger partial charge in [0.25, 0.3) is 0 Å². The lowest BCUT2D eigenvalue weighted by molar-refractivity contribution is -0.138. The Morgan fingerprint density at radius 1 is 1.40 bits per heavy atom. The lowest BCUT2D eigenvalue weighted by Gasteiger charge is -2.40. The van der Waals surface area contributed by atoms with Crippen molar-refractivity contribution in [3.8, 4) is 0 Å². The second-order valence-electron chi connectivity index (χ2n) is 4.72. The van der Waals surface area contributed by atoms with E-state index in [9.17, 15) is 4.79 Å². The van der Waals surface area contributed by atoms with Gasteiger partial charge in [0, 0.05) is 31.1 Å². The van der Waals surface area contributed by atoms with E-state index in [1.807, 2.05) is 13.8 Å². The predicted octanol–water partition coefficient (Wildman–Crippen LogP) is 1.63. The Labute approximate surface area is 93.2 Å². The van der Waals surface area contributed by atoms with E-state index in [2.05, 4.69) is 24.1 Å². The second kappa shape index (κ2) is 5.50. The minimum atomic E-state index is 0.120. The van der Waals surface area contributed by atoms with E-state index >= 15 is 0 Å². The Bertz CT molecular complexity index is 216. The number of hydrogen-bond acceptors (Lipinski definition) is 2. The van der Waals surface area contributed by atoms with Gasteiger partial charge >= 0.3 is 0 Å². The molecule has 0 radical (unpaired) electrons. The smallest absolute Gasteiger partial charge is 0.225 e. The van der Waals surface area contributed by atoms with Gasteiger partial charge < -0.3 is 10.2 Å². The van der Waals surface area contributed by atoms with Crippen LogP contribution in [-0.2, 0) is 4.79 Å². The molecule has 1 N–H and O–H groups in total. The topological polar surface area (TPSA) is 32.3 Å².